The van der Waals surface area contributed by atoms with Crippen LogP contribution in [0.4, 0.5) is 0 Å². The Morgan fingerprint density at radius 1 is 1.33 bits per heavy atom. The number of likely N-dealkylation sites (N-methyl/N-ethyl adjacent to an activating group) is 1. The van der Waals surface area contributed by atoms with E-state index in [1.807, 2.05) is 24.3 Å². The average Bonchev–Trinajstić information content (AvgIpc) is 2.29. The van der Waals surface area contributed by atoms with Crippen LogP contribution in [0.15, 0.2) is 24.3 Å². The highest BCUT2D eigenvalue weighted by Crippen LogP contribution is 2.30. The number of nitrogens with zero attached hydrogens (tertiary/aromatic N) is 1. The van der Waals surface area contributed by atoms with Crippen molar-refractivity contribution in [2.45, 2.75) is 13.0 Å². The van der Waals surface area contributed by atoms with Crippen LogP contribution in [-0.4, -0.2) is 37.7 Å². The summed E-state index contributed by atoms with van der Waals surface area (Å²) in [6.07, 6.45) is 0.143. The third-order valence-corrected chi connectivity index (χ3v) is 2.62. The summed E-state index contributed by atoms with van der Waals surface area (Å²) >= 11 is 0. The van der Waals surface area contributed by atoms with Crippen molar-refractivity contribution in [3.8, 4) is 11.5 Å². The van der Waals surface area contributed by atoms with Gasteiger partial charge in [0.2, 0.25) is 0 Å². The third kappa shape index (κ3) is 2.42. The summed E-state index contributed by atoms with van der Waals surface area (Å²) < 4.78 is 11.5. The molecule has 1 heterocycles. The summed E-state index contributed by atoms with van der Waals surface area (Å²) in [6.45, 7) is 4.71. The molecule has 0 spiro atoms. The summed E-state index contributed by atoms with van der Waals surface area (Å²) in [5.74, 6) is 1.71. The third-order valence-electron chi connectivity index (χ3n) is 2.62. The molecular formula is C12H17NO2. The van der Waals surface area contributed by atoms with Gasteiger partial charge in [-0.3, -0.25) is 0 Å². The zero-order valence-electron chi connectivity index (χ0n) is 9.27. The molecule has 0 aromatic heterocycles. The number of ether oxygens (including phenoxy) is 2. The lowest BCUT2D eigenvalue weighted by Gasteiger charge is -2.29. The van der Waals surface area contributed by atoms with Crippen LogP contribution in [0.25, 0.3) is 0 Å². The number of hydrogen-bond donors (Lipinski definition) is 0. The molecule has 1 atom stereocenters. The van der Waals surface area contributed by atoms with E-state index < -0.39 is 0 Å². The van der Waals surface area contributed by atoms with Gasteiger partial charge >= 0.3 is 0 Å². The predicted octanol–water partition coefficient (Wildman–Crippen LogP) is 1.78. The van der Waals surface area contributed by atoms with E-state index in [2.05, 4.69) is 18.9 Å². The Morgan fingerprint density at radius 3 is 2.80 bits per heavy atom. The number of benzene rings is 1. The molecule has 82 valence electrons. The Morgan fingerprint density at radius 2 is 2.07 bits per heavy atom. The summed E-state index contributed by atoms with van der Waals surface area (Å²) in [5.41, 5.74) is 0. The Bertz CT molecular complexity index is 327. The quantitative estimate of drug-likeness (QED) is 0.754. The van der Waals surface area contributed by atoms with Crippen LogP contribution < -0.4 is 9.47 Å². The highest BCUT2D eigenvalue weighted by molar-refractivity contribution is 5.40. The highest BCUT2D eigenvalue weighted by Gasteiger charge is 2.21. The standard InChI is InChI=1S/C12H17NO2/c1-3-13(2)8-10-9-14-11-6-4-5-7-12(11)15-10/h4-7,10H,3,8-9H2,1-2H3. The molecular weight excluding hydrogens is 190 g/mol. The van der Waals surface area contributed by atoms with Crippen LogP contribution in [0.2, 0.25) is 0 Å². The van der Waals surface area contributed by atoms with Crippen molar-refractivity contribution in [2.24, 2.45) is 0 Å². The number of para-hydroxylation sites is 2. The van der Waals surface area contributed by atoms with Gasteiger partial charge in [-0.2, -0.15) is 0 Å². The van der Waals surface area contributed by atoms with Crippen LogP contribution in [0.3, 0.4) is 0 Å². The normalized spacial score (nSPS) is 19.3. The Hall–Kier alpha value is -1.22. The number of hydrogen-bond acceptors (Lipinski definition) is 3. The minimum atomic E-state index is 0.143. The van der Waals surface area contributed by atoms with Crippen LogP contribution in [0.1, 0.15) is 6.92 Å². The number of rotatable bonds is 3. The first kappa shape index (κ1) is 10.3. The van der Waals surface area contributed by atoms with Crippen molar-refractivity contribution >= 4 is 0 Å². The molecule has 1 aliphatic heterocycles. The second kappa shape index (κ2) is 4.53. The second-order valence-electron chi connectivity index (χ2n) is 3.85. The van der Waals surface area contributed by atoms with E-state index in [4.69, 9.17) is 9.47 Å². The van der Waals surface area contributed by atoms with Crippen molar-refractivity contribution in [3.05, 3.63) is 24.3 Å². The van der Waals surface area contributed by atoms with E-state index >= 15 is 0 Å². The molecule has 0 bridgehead atoms. The summed E-state index contributed by atoms with van der Waals surface area (Å²) in [5, 5.41) is 0. The van der Waals surface area contributed by atoms with E-state index in [0.717, 1.165) is 24.6 Å². The van der Waals surface area contributed by atoms with Crippen LogP contribution >= 0.6 is 0 Å². The lowest BCUT2D eigenvalue weighted by Crippen LogP contribution is -2.39. The molecule has 0 saturated carbocycles. The lowest BCUT2D eigenvalue weighted by atomic mass is 10.2. The molecule has 1 unspecified atom stereocenters. The molecule has 0 N–H and O–H groups in total. The first-order valence-corrected chi connectivity index (χ1v) is 5.36. The minimum absolute atomic E-state index is 0.143. The topological polar surface area (TPSA) is 21.7 Å². The molecule has 0 saturated heterocycles. The minimum Gasteiger partial charge on any atom is -0.486 e. The van der Waals surface area contributed by atoms with Crippen LogP contribution in [0.5, 0.6) is 11.5 Å². The van der Waals surface area contributed by atoms with Crippen molar-refractivity contribution in [1.29, 1.82) is 0 Å². The van der Waals surface area contributed by atoms with Gasteiger partial charge in [-0.05, 0) is 25.7 Å². The van der Waals surface area contributed by atoms with Gasteiger partial charge in [0, 0.05) is 6.54 Å². The largest absolute Gasteiger partial charge is 0.486 e. The number of fused-ring (bicyclic) bond motifs is 1. The van der Waals surface area contributed by atoms with Crippen molar-refractivity contribution in [3.63, 3.8) is 0 Å². The van der Waals surface area contributed by atoms with Gasteiger partial charge in [-0.1, -0.05) is 19.1 Å². The maximum atomic E-state index is 5.84. The van der Waals surface area contributed by atoms with E-state index in [9.17, 15) is 0 Å². The van der Waals surface area contributed by atoms with Crippen LogP contribution in [0, 0.1) is 0 Å². The van der Waals surface area contributed by atoms with Crippen molar-refractivity contribution < 1.29 is 9.47 Å². The molecule has 1 aliphatic rings. The summed E-state index contributed by atoms with van der Waals surface area (Å²) in [7, 11) is 2.09. The zero-order valence-corrected chi connectivity index (χ0v) is 9.27. The summed E-state index contributed by atoms with van der Waals surface area (Å²) in [4.78, 5) is 2.22. The zero-order chi connectivity index (χ0) is 10.7. The van der Waals surface area contributed by atoms with Gasteiger partial charge in [0.15, 0.2) is 11.5 Å². The molecule has 0 fully saturated rings. The fourth-order valence-electron chi connectivity index (χ4n) is 1.63. The molecule has 0 radical (unpaired) electrons. The second-order valence-corrected chi connectivity index (χ2v) is 3.85. The molecule has 0 aliphatic carbocycles. The van der Waals surface area contributed by atoms with Crippen LogP contribution in [-0.2, 0) is 0 Å². The lowest BCUT2D eigenvalue weighted by molar-refractivity contribution is 0.0667. The Balaban J connectivity index is 1.99. The highest BCUT2D eigenvalue weighted by atomic mass is 16.6. The van der Waals surface area contributed by atoms with Gasteiger partial charge in [-0.25, -0.2) is 0 Å². The smallest absolute Gasteiger partial charge is 0.161 e. The molecule has 15 heavy (non-hydrogen) atoms. The maximum Gasteiger partial charge on any atom is 0.161 e. The van der Waals surface area contributed by atoms with E-state index in [1.165, 1.54) is 0 Å². The maximum absolute atomic E-state index is 5.84. The predicted molar refractivity (Wildman–Crippen MR) is 59.5 cm³/mol. The van der Waals surface area contributed by atoms with Gasteiger partial charge in [0.25, 0.3) is 0 Å². The molecule has 0 amide bonds. The van der Waals surface area contributed by atoms with Gasteiger partial charge in [0.05, 0.1) is 0 Å². The van der Waals surface area contributed by atoms with Crippen molar-refractivity contribution in [2.75, 3.05) is 26.7 Å². The van der Waals surface area contributed by atoms with Gasteiger partial charge < -0.3 is 14.4 Å². The fourth-order valence-corrected chi connectivity index (χ4v) is 1.63. The average molecular weight is 207 g/mol. The molecule has 1 aromatic carbocycles. The molecule has 2 rings (SSSR count). The first-order chi connectivity index (χ1) is 7.29. The van der Waals surface area contributed by atoms with Crippen molar-refractivity contribution in [1.82, 2.24) is 4.90 Å². The van der Waals surface area contributed by atoms with E-state index in [-0.39, 0.29) is 6.10 Å². The Labute approximate surface area is 90.6 Å². The molecule has 1 aromatic rings. The SMILES string of the molecule is CCN(C)CC1COc2ccccc2O1. The van der Waals surface area contributed by atoms with Gasteiger partial charge in [0.1, 0.15) is 12.7 Å². The van der Waals surface area contributed by atoms with Gasteiger partial charge in [-0.15, -0.1) is 0 Å². The van der Waals surface area contributed by atoms with E-state index in [0.29, 0.717) is 6.61 Å². The Kier molecular flexibility index (Phi) is 3.11. The monoisotopic (exact) mass is 207 g/mol. The molecule has 3 heteroatoms. The fraction of sp³-hybridized carbons (Fsp3) is 0.500. The van der Waals surface area contributed by atoms with E-state index in [1.54, 1.807) is 0 Å². The summed E-state index contributed by atoms with van der Waals surface area (Å²) in [6, 6.07) is 7.82. The first-order valence-electron chi connectivity index (χ1n) is 5.36. The molecule has 3 nitrogen and oxygen atoms in total.